The van der Waals surface area contributed by atoms with Crippen molar-refractivity contribution < 1.29 is 9.53 Å². The van der Waals surface area contributed by atoms with E-state index >= 15 is 0 Å². The Morgan fingerprint density at radius 1 is 1.31 bits per heavy atom. The van der Waals surface area contributed by atoms with Crippen molar-refractivity contribution in [3.8, 4) is 0 Å². The fourth-order valence-corrected chi connectivity index (χ4v) is 3.60. The number of ether oxygens (including phenoxy) is 1. The SMILES string of the molecule is Cc1cc(Cl)ccc1NC(=S)Nc1c2c(nn1C)CCN(C(=O)OC(C)(C)C)C2. The van der Waals surface area contributed by atoms with Gasteiger partial charge in [0.1, 0.15) is 11.4 Å². The van der Waals surface area contributed by atoms with Crippen molar-refractivity contribution in [1.29, 1.82) is 0 Å². The number of aromatic nitrogens is 2. The van der Waals surface area contributed by atoms with Crippen molar-refractivity contribution in [3.63, 3.8) is 0 Å². The van der Waals surface area contributed by atoms with Crippen molar-refractivity contribution in [2.24, 2.45) is 7.05 Å². The first-order valence-electron chi connectivity index (χ1n) is 9.40. The van der Waals surface area contributed by atoms with E-state index < -0.39 is 5.60 Å². The van der Waals surface area contributed by atoms with Crippen LogP contribution in [-0.2, 0) is 24.8 Å². The molecule has 1 aromatic carbocycles. The van der Waals surface area contributed by atoms with Gasteiger partial charge in [-0.3, -0.25) is 4.68 Å². The molecule has 2 aromatic rings. The first kappa shape index (κ1) is 21.4. The predicted molar refractivity (Wildman–Crippen MR) is 120 cm³/mol. The van der Waals surface area contributed by atoms with Crippen LogP contribution < -0.4 is 10.6 Å². The maximum Gasteiger partial charge on any atom is 0.410 e. The molecule has 0 radical (unpaired) electrons. The lowest BCUT2D eigenvalue weighted by molar-refractivity contribution is 0.0224. The van der Waals surface area contributed by atoms with Gasteiger partial charge in [0.2, 0.25) is 0 Å². The lowest BCUT2D eigenvalue weighted by atomic mass is 10.1. The maximum absolute atomic E-state index is 12.5. The first-order valence-corrected chi connectivity index (χ1v) is 10.2. The normalized spacial score (nSPS) is 13.7. The summed E-state index contributed by atoms with van der Waals surface area (Å²) in [6.45, 7) is 8.54. The number of benzene rings is 1. The average Bonchev–Trinajstić information content (AvgIpc) is 2.91. The van der Waals surface area contributed by atoms with Crippen molar-refractivity contribution in [2.75, 3.05) is 17.2 Å². The van der Waals surface area contributed by atoms with Crippen molar-refractivity contribution in [3.05, 3.63) is 40.0 Å². The van der Waals surface area contributed by atoms with Crippen LogP contribution >= 0.6 is 23.8 Å². The smallest absolute Gasteiger partial charge is 0.410 e. The van der Waals surface area contributed by atoms with Gasteiger partial charge in [-0.2, -0.15) is 5.10 Å². The van der Waals surface area contributed by atoms with Gasteiger partial charge in [0.05, 0.1) is 12.2 Å². The molecule has 3 rings (SSSR count). The van der Waals surface area contributed by atoms with Crippen LogP contribution in [0.1, 0.15) is 37.6 Å². The Morgan fingerprint density at radius 3 is 2.69 bits per heavy atom. The van der Waals surface area contributed by atoms with E-state index in [0.717, 1.165) is 28.3 Å². The number of hydrogen-bond acceptors (Lipinski definition) is 4. The fourth-order valence-electron chi connectivity index (χ4n) is 3.17. The highest BCUT2D eigenvalue weighted by molar-refractivity contribution is 7.80. The largest absolute Gasteiger partial charge is 0.444 e. The molecule has 1 aliphatic heterocycles. The number of nitrogens with zero attached hydrogens (tertiary/aromatic N) is 3. The molecule has 0 bridgehead atoms. The van der Waals surface area contributed by atoms with Crippen LogP contribution in [0, 0.1) is 6.92 Å². The van der Waals surface area contributed by atoms with Gasteiger partial charge in [-0.05, 0) is 63.7 Å². The summed E-state index contributed by atoms with van der Waals surface area (Å²) in [7, 11) is 1.86. The molecule has 1 amide bonds. The molecule has 2 heterocycles. The van der Waals surface area contributed by atoms with Gasteiger partial charge in [-0.25, -0.2) is 4.79 Å². The second kappa shape index (κ2) is 8.20. The zero-order valence-electron chi connectivity index (χ0n) is 17.3. The van der Waals surface area contributed by atoms with Gasteiger partial charge < -0.3 is 20.3 Å². The molecule has 2 N–H and O–H groups in total. The van der Waals surface area contributed by atoms with Gasteiger partial charge >= 0.3 is 6.09 Å². The highest BCUT2D eigenvalue weighted by Gasteiger charge is 2.29. The monoisotopic (exact) mass is 435 g/mol. The Bertz CT molecular complexity index is 951. The summed E-state index contributed by atoms with van der Waals surface area (Å²) in [5.41, 5.74) is 3.24. The minimum absolute atomic E-state index is 0.324. The molecule has 7 nitrogen and oxygen atoms in total. The molecule has 0 aliphatic carbocycles. The number of amides is 1. The standard InChI is InChI=1S/C20H26ClN5O2S/c1-12-10-13(21)6-7-15(12)22-18(29)23-17-14-11-26(19(27)28-20(2,3)4)9-8-16(14)24-25(17)5/h6-7,10H,8-9,11H2,1-5H3,(H2,22,23,29). The molecule has 0 saturated carbocycles. The number of thiocarbonyl (C=S) groups is 1. The summed E-state index contributed by atoms with van der Waals surface area (Å²) >= 11 is 11.5. The van der Waals surface area contributed by atoms with E-state index in [1.54, 1.807) is 9.58 Å². The Balaban J connectivity index is 1.74. The van der Waals surface area contributed by atoms with Crippen LogP contribution in [0.25, 0.3) is 0 Å². The average molecular weight is 436 g/mol. The molecule has 1 aliphatic rings. The topological polar surface area (TPSA) is 71.4 Å². The quantitative estimate of drug-likeness (QED) is 0.677. The molecule has 156 valence electrons. The number of halogens is 1. The van der Waals surface area contributed by atoms with Gasteiger partial charge in [0, 0.05) is 36.3 Å². The number of fused-ring (bicyclic) bond motifs is 1. The summed E-state index contributed by atoms with van der Waals surface area (Å²) in [6.07, 6.45) is 0.344. The second-order valence-electron chi connectivity index (χ2n) is 8.09. The number of nitrogens with one attached hydrogen (secondary N) is 2. The van der Waals surface area contributed by atoms with Gasteiger partial charge in [-0.15, -0.1) is 0 Å². The summed E-state index contributed by atoms with van der Waals surface area (Å²) in [5, 5.41) is 12.1. The molecule has 0 spiro atoms. The van der Waals surface area contributed by atoms with E-state index in [4.69, 9.17) is 28.6 Å². The number of anilines is 2. The summed E-state index contributed by atoms with van der Waals surface area (Å²) in [6, 6.07) is 5.57. The Kier molecular flexibility index (Phi) is 6.05. The van der Waals surface area contributed by atoms with Crippen molar-refractivity contribution in [1.82, 2.24) is 14.7 Å². The number of rotatable bonds is 2. The third-order valence-corrected chi connectivity index (χ3v) is 4.96. The van der Waals surface area contributed by atoms with Crippen LogP contribution in [0.3, 0.4) is 0 Å². The Morgan fingerprint density at radius 2 is 2.03 bits per heavy atom. The van der Waals surface area contributed by atoms with Gasteiger partial charge in [0.15, 0.2) is 5.11 Å². The summed E-state index contributed by atoms with van der Waals surface area (Å²) in [4.78, 5) is 14.2. The molecule has 29 heavy (non-hydrogen) atoms. The lowest BCUT2D eigenvalue weighted by Gasteiger charge is -2.30. The number of aryl methyl sites for hydroxylation is 2. The highest BCUT2D eigenvalue weighted by Crippen LogP contribution is 2.27. The van der Waals surface area contributed by atoms with E-state index in [9.17, 15) is 4.79 Å². The van der Waals surface area contributed by atoms with Crippen molar-refractivity contribution >= 4 is 46.5 Å². The fraction of sp³-hybridized carbons (Fsp3) is 0.450. The van der Waals surface area contributed by atoms with E-state index in [1.807, 2.05) is 52.9 Å². The molecule has 1 aromatic heterocycles. The molecule has 0 unspecified atom stereocenters. The first-order chi connectivity index (χ1) is 13.5. The van der Waals surface area contributed by atoms with Crippen LogP contribution in [0.2, 0.25) is 5.02 Å². The highest BCUT2D eigenvalue weighted by atomic mass is 35.5. The summed E-state index contributed by atoms with van der Waals surface area (Å²) < 4.78 is 7.27. The minimum Gasteiger partial charge on any atom is -0.444 e. The molecular formula is C20H26ClN5O2S. The third kappa shape index (κ3) is 5.19. The van der Waals surface area contributed by atoms with Gasteiger partial charge in [0.25, 0.3) is 0 Å². The number of carbonyl (C=O) groups excluding carboxylic acids is 1. The lowest BCUT2D eigenvalue weighted by Crippen LogP contribution is -2.40. The molecular weight excluding hydrogens is 410 g/mol. The van der Waals surface area contributed by atoms with E-state index in [0.29, 0.717) is 29.6 Å². The van der Waals surface area contributed by atoms with Crippen LogP contribution in [0.4, 0.5) is 16.3 Å². The Labute approximate surface area is 181 Å². The van der Waals surface area contributed by atoms with E-state index in [2.05, 4.69) is 15.7 Å². The molecule has 0 fully saturated rings. The van der Waals surface area contributed by atoms with E-state index in [-0.39, 0.29) is 6.09 Å². The maximum atomic E-state index is 12.5. The molecule has 0 saturated heterocycles. The number of hydrogen-bond donors (Lipinski definition) is 2. The predicted octanol–water partition coefficient (Wildman–Crippen LogP) is 4.48. The zero-order chi connectivity index (χ0) is 21.3. The van der Waals surface area contributed by atoms with Gasteiger partial charge in [-0.1, -0.05) is 11.6 Å². The minimum atomic E-state index is -0.532. The van der Waals surface area contributed by atoms with Crippen LogP contribution in [0.15, 0.2) is 18.2 Å². The van der Waals surface area contributed by atoms with Crippen LogP contribution in [-0.4, -0.2) is 38.0 Å². The van der Waals surface area contributed by atoms with Crippen molar-refractivity contribution in [2.45, 2.75) is 46.3 Å². The zero-order valence-corrected chi connectivity index (χ0v) is 18.9. The van der Waals surface area contributed by atoms with E-state index in [1.165, 1.54) is 0 Å². The number of carbonyl (C=O) groups is 1. The van der Waals surface area contributed by atoms with Crippen LogP contribution in [0.5, 0.6) is 0 Å². The second-order valence-corrected chi connectivity index (χ2v) is 8.93. The summed E-state index contributed by atoms with van der Waals surface area (Å²) in [5.74, 6) is 0.761. The third-order valence-electron chi connectivity index (χ3n) is 4.52. The molecule has 0 atom stereocenters. The Hall–Kier alpha value is -2.32. The molecule has 9 heteroatoms.